The van der Waals surface area contributed by atoms with Crippen LogP contribution in [0.25, 0.3) is 10.2 Å². The van der Waals surface area contributed by atoms with Crippen molar-refractivity contribution < 1.29 is 5.11 Å². The van der Waals surface area contributed by atoms with E-state index in [1.807, 2.05) is 18.2 Å². The van der Waals surface area contributed by atoms with Crippen LogP contribution >= 0.6 is 11.3 Å². The number of hydrogen-bond donors (Lipinski definition) is 2. The summed E-state index contributed by atoms with van der Waals surface area (Å²) in [7, 11) is 0. The normalized spacial score (nSPS) is 24.3. The molecule has 0 saturated heterocycles. The molecule has 1 aromatic heterocycles. The molecule has 1 fully saturated rings. The van der Waals surface area contributed by atoms with Crippen molar-refractivity contribution in [2.24, 2.45) is 5.92 Å². The van der Waals surface area contributed by atoms with Crippen molar-refractivity contribution >= 4 is 26.7 Å². The lowest BCUT2D eigenvalue weighted by molar-refractivity contribution is 0.178. The number of aliphatic hydroxyl groups is 1. The number of aliphatic hydroxyl groups excluding tert-OH is 1. The Bertz CT molecular complexity index is 492. The average molecular weight is 262 g/mol. The quantitative estimate of drug-likeness (QED) is 0.892. The Balaban J connectivity index is 1.78. The number of nitrogens with one attached hydrogen (secondary N) is 1. The molecule has 1 aromatic carbocycles. The van der Waals surface area contributed by atoms with E-state index in [1.165, 1.54) is 17.5 Å². The van der Waals surface area contributed by atoms with Gasteiger partial charge in [-0.3, -0.25) is 0 Å². The zero-order valence-corrected chi connectivity index (χ0v) is 11.1. The summed E-state index contributed by atoms with van der Waals surface area (Å²) in [5.41, 5.74) is 1.06. The fourth-order valence-corrected chi connectivity index (χ4v) is 3.64. The molecule has 0 radical (unpaired) electrons. The summed E-state index contributed by atoms with van der Waals surface area (Å²) in [6.45, 7) is 0.280. The van der Waals surface area contributed by atoms with E-state index in [0.717, 1.165) is 23.5 Å². The molecule has 3 nitrogen and oxygen atoms in total. The SMILES string of the molecule is OCC1CCCCC1Nc1nc2ccccc2s1. The maximum Gasteiger partial charge on any atom is 0.184 e. The molecule has 0 aliphatic heterocycles. The average Bonchev–Trinajstić information content (AvgIpc) is 2.81. The van der Waals surface area contributed by atoms with Gasteiger partial charge in [0, 0.05) is 18.6 Å². The second kappa shape index (κ2) is 5.24. The van der Waals surface area contributed by atoms with Crippen LogP contribution in [0.3, 0.4) is 0 Å². The van der Waals surface area contributed by atoms with Gasteiger partial charge in [-0.15, -0.1) is 0 Å². The Labute approximate surface area is 111 Å². The number of rotatable bonds is 3. The fourth-order valence-electron chi connectivity index (χ4n) is 2.71. The van der Waals surface area contributed by atoms with Crippen molar-refractivity contribution in [2.75, 3.05) is 11.9 Å². The van der Waals surface area contributed by atoms with E-state index in [9.17, 15) is 5.11 Å². The Morgan fingerprint density at radius 1 is 1.28 bits per heavy atom. The summed E-state index contributed by atoms with van der Waals surface area (Å²) in [5, 5.41) is 13.9. The van der Waals surface area contributed by atoms with Gasteiger partial charge in [0.15, 0.2) is 5.13 Å². The molecule has 3 rings (SSSR count). The van der Waals surface area contributed by atoms with Gasteiger partial charge in [0.05, 0.1) is 10.2 Å². The van der Waals surface area contributed by atoms with Crippen molar-refractivity contribution in [1.82, 2.24) is 4.98 Å². The molecule has 1 heterocycles. The molecular formula is C14H18N2OS. The van der Waals surface area contributed by atoms with Gasteiger partial charge in [0.2, 0.25) is 0 Å². The number of nitrogens with zero attached hydrogens (tertiary/aromatic N) is 1. The van der Waals surface area contributed by atoms with E-state index in [-0.39, 0.29) is 6.61 Å². The summed E-state index contributed by atoms with van der Waals surface area (Å²) < 4.78 is 1.22. The van der Waals surface area contributed by atoms with E-state index in [4.69, 9.17) is 0 Å². The van der Waals surface area contributed by atoms with Gasteiger partial charge in [-0.05, 0) is 25.0 Å². The Hall–Kier alpha value is -1.13. The molecule has 2 unspecified atom stereocenters. The lowest BCUT2D eigenvalue weighted by atomic mass is 9.85. The van der Waals surface area contributed by atoms with Crippen LogP contribution in [0.4, 0.5) is 5.13 Å². The second-order valence-corrected chi connectivity index (χ2v) is 6.00. The van der Waals surface area contributed by atoms with Gasteiger partial charge in [0.1, 0.15) is 0 Å². The number of benzene rings is 1. The van der Waals surface area contributed by atoms with E-state index in [0.29, 0.717) is 12.0 Å². The number of aromatic nitrogens is 1. The molecule has 0 bridgehead atoms. The Morgan fingerprint density at radius 3 is 2.94 bits per heavy atom. The molecule has 0 spiro atoms. The van der Waals surface area contributed by atoms with E-state index >= 15 is 0 Å². The summed E-state index contributed by atoms with van der Waals surface area (Å²) in [5.74, 6) is 0.380. The number of anilines is 1. The van der Waals surface area contributed by atoms with Gasteiger partial charge >= 0.3 is 0 Å². The number of para-hydroxylation sites is 1. The molecule has 2 atom stereocenters. The molecular weight excluding hydrogens is 244 g/mol. The van der Waals surface area contributed by atoms with Crippen molar-refractivity contribution in [3.63, 3.8) is 0 Å². The maximum absolute atomic E-state index is 9.42. The van der Waals surface area contributed by atoms with E-state index in [2.05, 4.69) is 16.4 Å². The smallest absolute Gasteiger partial charge is 0.184 e. The van der Waals surface area contributed by atoms with Crippen molar-refractivity contribution in [3.05, 3.63) is 24.3 Å². The van der Waals surface area contributed by atoms with Crippen LogP contribution in [0, 0.1) is 5.92 Å². The van der Waals surface area contributed by atoms with E-state index < -0.39 is 0 Å². The molecule has 2 aromatic rings. The molecule has 1 saturated carbocycles. The van der Waals surface area contributed by atoms with E-state index in [1.54, 1.807) is 11.3 Å². The Morgan fingerprint density at radius 2 is 2.11 bits per heavy atom. The monoisotopic (exact) mass is 262 g/mol. The highest BCUT2D eigenvalue weighted by atomic mass is 32.1. The minimum atomic E-state index is 0.280. The lowest BCUT2D eigenvalue weighted by Gasteiger charge is -2.30. The first kappa shape index (κ1) is 11.9. The van der Waals surface area contributed by atoms with Crippen LogP contribution in [0.1, 0.15) is 25.7 Å². The largest absolute Gasteiger partial charge is 0.396 e. The lowest BCUT2D eigenvalue weighted by Crippen LogP contribution is -2.34. The number of hydrogen-bond acceptors (Lipinski definition) is 4. The second-order valence-electron chi connectivity index (χ2n) is 4.96. The van der Waals surface area contributed by atoms with Crippen LogP contribution in [-0.2, 0) is 0 Å². The Kier molecular flexibility index (Phi) is 3.48. The number of fused-ring (bicyclic) bond motifs is 1. The third-order valence-electron chi connectivity index (χ3n) is 3.75. The first-order valence-corrected chi connectivity index (χ1v) is 7.41. The molecule has 1 aliphatic rings. The van der Waals surface area contributed by atoms with Crippen LogP contribution in [0.2, 0.25) is 0 Å². The summed E-state index contributed by atoms with van der Waals surface area (Å²) >= 11 is 1.70. The third-order valence-corrected chi connectivity index (χ3v) is 4.71. The zero-order chi connectivity index (χ0) is 12.4. The fraction of sp³-hybridized carbons (Fsp3) is 0.500. The molecule has 18 heavy (non-hydrogen) atoms. The van der Waals surface area contributed by atoms with Crippen LogP contribution in [0.5, 0.6) is 0 Å². The zero-order valence-electron chi connectivity index (χ0n) is 10.3. The predicted molar refractivity (Wildman–Crippen MR) is 76.1 cm³/mol. The van der Waals surface area contributed by atoms with Crippen molar-refractivity contribution in [1.29, 1.82) is 0 Å². The molecule has 1 aliphatic carbocycles. The topological polar surface area (TPSA) is 45.1 Å². The van der Waals surface area contributed by atoms with Gasteiger partial charge in [-0.1, -0.05) is 36.3 Å². The van der Waals surface area contributed by atoms with Crippen molar-refractivity contribution in [2.45, 2.75) is 31.7 Å². The van der Waals surface area contributed by atoms with Crippen LogP contribution < -0.4 is 5.32 Å². The van der Waals surface area contributed by atoms with Crippen LogP contribution in [0.15, 0.2) is 24.3 Å². The molecule has 0 amide bonds. The number of thiazole rings is 1. The third kappa shape index (κ3) is 2.35. The highest BCUT2D eigenvalue weighted by Gasteiger charge is 2.25. The van der Waals surface area contributed by atoms with Gasteiger partial charge in [-0.25, -0.2) is 4.98 Å². The molecule has 96 valence electrons. The van der Waals surface area contributed by atoms with Gasteiger partial charge in [-0.2, -0.15) is 0 Å². The predicted octanol–water partition coefficient (Wildman–Crippen LogP) is 3.26. The van der Waals surface area contributed by atoms with Gasteiger partial charge < -0.3 is 10.4 Å². The van der Waals surface area contributed by atoms with Gasteiger partial charge in [0.25, 0.3) is 0 Å². The highest BCUT2D eigenvalue weighted by Crippen LogP contribution is 2.30. The highest BCUT2D eigenvalue weighted by molar-refractivity contribution is 7.22. The van der Waals surface area contributed by atoms with Crippen molar-refractivity contribution in [3.8, 4) is 0 Å². The minimum absolute atomic E-state index is 0.280. The molecule has 2 N–H and O–H groups in total. The standard InChI is InChI=1S/C14H18N2OS/c17-9-10-5-1-2-6-11(10)15-14-16-12-7-3-4-8-13(12)18-14/h3-4,7-8,10-11,17H,1-2,5-6,9H2,(H,15,16). The summed E-state index contributed by atoms with van der Waals surface area (Å²) in [6, 6.07) is 8.58. The van der Waals surface area contributed by atoms with Crippen LogP contribution in [-0.4, -0.2) is 22.7 Å². The minimum Gasteiger partial charge on any atom is -0.396 e. The summed E-state index contributed by atoms with van der Waals surface area (Å²) in [4.78, 5) is 4.60. The first-order chi connectivity index (χ1) is 8.86. The maximum atomic E-state index is 9.42. The first-order valence-electron chi connectivity index (χ1n) is 6.60. The summed E-state index contributed by atoms with van der Waals surface area (Å²) in [6.07, 6.45) is 4.75. The molecule has 4 heteroatoms.